The summed E-state index contributed by atoms with van der Waals surface area (Å²) >= 11 is 0. The predicted octanol–water partition coefficient (Wildman–Crippen LogP) is 3.12. The largest absolute Gasteiger partial charge is 0.495 e. The molecule has 4 heterocycles. The smallest absolute Gasteiger partial charge is 0.249 e. The van der Waals surface area contributed by atoms with Crippen molar-refractivity contribution in [2.24, 2.45) is 5.73 Å². The molecule has 1 aromatic carbocycles. The molecule has 4 aromatic heterocycles. The van der Waals surface area contributed by atoms with E-state index in [-0.39, 0.29) is 0 Å². The van der Waals surface area contributed by atoms with Crippen molar-refractivity contribution in [1.29, 1.82) is 0 Å². The summed E-state index contributed by atoms with van der Waals surface area (Å²) < 4.78 is 12.6. The topological polar surface area (TPSA) is 118 Å². The van der Waals surface area contributed by atoms with Crippen molar-refractivity contribution in [3.8, 4) is 33.8 Å². The van der Waals surface area contributed by atoms with Crippen LogP contribution in [0.25, 0.3) is 39.1 Å². The van der Waals surface area contributed by atoms with Gasteiger partial charge in [0, 0.05) is 52.6 Å². The Kier molecular flexibility index (Phi) is 4.63. The number of carbonyl (C=O) groups excluding carboxylic acids is 1. The minimum atomic E-state index is -0.591. The predicted molar refractivity (Wildman–Crippen MR) is 119 cm³/mol. The number of benzene rings is 1. The fourth-order valence-electron chi connectivity index (χ4n) is 3.83. The van der Waals surface area contributed by atoms with E-state index in [9.17, 15) is 4.79 Å². The van der Waals surface area contributed by atoms with Crippen molar-refractivity contribution in [3.63, 3.8) is 0 Å². The molecule has 0 bridgehead atoms. The molecule has 0 spiro atoms. The van der Waals surface area contributed by atoms with Crippen LogP contribution in [0.3, 0.4) is 0 Å². The average molecular weight is 426 g/mol. The van der Waals surface area contributed by atoms with Crippen molar-refractivity contribution in [2.45, 2.75) is 0 Å². The van der Waals surface area contributed by atoms with E-state index in [0.717, 1.165) is 11.1 Å². The van der Waals surface area contributed by atoms with Crippen LogP contribution < -0.4 is 15.2 Å². The number of nitrogens with zero attached hydrogens (tertiary/aromatic N) is 5. The lowest BCUT2D eigenvalue weighted by Crippen LogP contribution is -2.13. The van der Waals surface area contributed by atoms with Crippen LogP contribution >= 0.6 is 0 Å². The Morgan fingerprint density at radius 3 is 2.22 bits per heavy atom. The summed E-state index contributed by atoms with van der Waals surface area (Å²) in [5.74, 6) is 1.03. The molecule has 5 rings (SSSR count). The standard InChI is InChI=1S/C23H18N6O3/c1-31-15-6-13(9-25-11-15)19-17(22(24)30)8-18-21(29-5-3-4-27-23(29)28-18)20(19)14-7-16(32-2)12-26-10-14/h3-12H,1-2H3,(H2,24,30). The van der Waals surface area contributed by atoms with E-state index in [2.05, 4.69) is 19.9 Å². The molecule has 0 atom stereocenters. The van der Waals surface area contributed by atoms with Crippen LogP contribution in [0.15, 0.2) is 61.4 Å². The summed E-state index contributed by atoms with van der Waals surface area (Å²) in [4.78, 5) is 30.2. The van der Waals surface area contributed by atoms with Crippen LogP contribution in [0.2, 0.25) is 0 Å². The first-order chi connectivity index (χ1) is 15.6. The molecule has 0 aliphatic heterocycles. The van der Waals surface area contributed by atoms with Gasteiger partial charge >= 0.3 is 0 Å². The number of methoxy groups -OCH3 is 2. The monoisotopic (exact) mass is 426 g/mol. The Labute approximate surface area is 182 Å². The fraction of sp³-hybridized carbons (Fsp3) is 0.0870. The van der Waals surface area contributed by atoms with E-state index in [4.69, 9.17) is 15.2 Å². The number of rotatable bonds is 5. The van der Waals surface area contributed by atoms with Crippen LogP contribution in [-0.2, 0) is 0 Å². The minimum absolute atomic E-state index is 0.300. The van der Waals surface area contributed by atoms with Crippen LogP contribution in [0.5, 0.6) is 11.5 Å². The summed E-state index contributed by atoms with van der Waals surface area (Å²) in [5.41, 5.74) is 10.2. The number of amides is 1. The van der Waals surface area contributed by atoms with Gasteiger partial charge in [-0.3, -0.25) is 19.2 Å². The Bertz CT molecular complexity index is 1490. The Balaban J connectivity index is 2.01. The van der Waals surface area contributed by atoms with Gasteiger partial charge in [-0.2, -0.15) is 0 Å². The highest BCUT2D eigenvalue weighted by atomic mass is 16.5. The van der Waals surface area contributed by atoms with Gasteiger partial charge in [0.15, 0.2) is 0 Å². The zero-order chi connectivity index (χ0) is 22.2. The second kappa shape index (κ2) is 7.62. The van der Waals surface area contributed by atoms with Gasteiger partial charge in [-0.25, -0.2) is 9.97 Å². The number of fused-ring (bicyclic) bond motifs is 3. The highest BCUT2D eigenvalue weighted by molar-refractivity contribution is 6.12. The molecule has 9 heteroatoms. The molecule has 1 amide bonds. The number of nitrogens with two attached hydrogens (primary N) is 1. The van der Waals surface area contributed by atoms with Gasteiger partial charge in [0.25, 0.3) is 0 Å². The first kappa shape index (κ1) is 19.4. The first-order valence-electron chi connectivity index (χ1n) is 9.69. The van der Waals surface area contributed by atoms with E-state index in [1.807, 2.05) is 22.7 Å². The van der Waals surface area contributed by atoms with Crippen molar-refractivity contribution in [1.82, 2.24) is 24.3 Å². The highest BCUT2D eigenvalue weighted by Crippen LogP contribution is 2.41. The molecule has 0 aliphatic carbocycles. The zero-order valence-electron chi connectivity index (χ0n) is 17.3. The van der Waals surface area contributed by atoms with E-state index in [1.54, 1.807) is 57.3 Å². The second-order valence-electron chi connectivity index (χ2n) is 7.03. The summed E-state index contributed by atoms with van der Waals surface area (Å²) in [6, 6.07) is 7.15. The summed E-state index contributed by atoms with van der Waals surface area (Å²) in [7, 11) is 3.13. The minimum Gasteiger partial charge on any atom is -0.495 e. The van der Waals surface area contributed by atoms with Crippen LogP contribution in [-0.4, -0.2) is 44.5 Å². The number of imidazole rings is 1. The second-order valence-corrected chi connectivity index (χ2v) is 7.03. The van der Waals surface area contributed by atoms with E-state index in [1.165, 1.54) is 0 Å². The molecular formula is C23H18N6O3. The maximum absolute atomic E-state index is 12.6. The molecular weight excluding hydrogens is 408 g/mol. The molecule has 0 saturated heterocycles. The van der Waals surface area contributed by atoms with Gasteiger partial charge in [-0.15, -0.1) is 0 Å². The number of ether oxygens (including phenoxy) is 2. The van der Waals surface area contributed by atoms with Gasteiger partial charge < -0.3 is 15.2 Å². The van der Waals surface area contributed by atoms with Crippen molar-refractivity contribution in [3.05, 3.63) is 67.0 Å². The van der Waals surface area contributed by atoms with Gasteiger partial charge in [-0.1, -0.05) is 0 Å². The number of primary amides is 1. The Morgan fingerprint density at radius 1 is 0.938 bits per heavy atom. The van der Waals surface area contributed by atoms with E-state index >= 15 is 0 Å². The lowest BCUT2D eigenvalue weighted by molar-refractivity contribution is 0.100. The molecule has 0 aliphatic rings. The van der Waals surface area contributed by atoms with Gasteiger partial charge in [0.05, 0.1) is 37.6 Å². The van der Waals surface area contributed by atoms with E-state index < -0.39 is 5.91 Å². The first-order valence-corrected chi connectivity index (χ1v) is 9.69. The number of hydrogen-bond donors (Lipinski definition) is 1. The van der Waals surface area contributed by atoms with Crippen LogP contribution in [0, 0.1) is 0 Å². The summed E-state index contributed by atoms with van der Waals surface area (Å²) in [5, 5.41) is 0. The molecule has 0 saturated carbocycles. The third-order valence-corrected chi connectivity index (χ3v) is 5.21. The lowest BCUT2D eigenvalue weighted by atomic mass is 9.90. The highest BCUT2D eigenvalue weighted by Gasteiger charge is 2.24. The number of hydrogen-bond acceptors (Lipinski definition) is 7. The molecule has 0 radical (unpaired) electrons. The maximum Gasteiger partial charge on any atom is 0.249 e. The Hall–Kier alpha value is -4.53. The molecule has 0 unspecified atom stereocenters. The normalized spacial score (nSPS) is 11.1. The Morgan fingerprint density at radius 2 is 1.59 bits per heavy atom. The SMILES string of the molecule is COc1cncc(-c2c(C(N)=O)cc3nc4ncccn4c3c2-c2cncc(OC)c2)c1. The van der Waals surface area contributed by atoms with Gasteiger partial charge in [-0.05, 0) is 24.3 Å². The number of carbonyl (C=O) groups is 1. The average Bonchev–Trinajstić information content (AvgIpc) is 3.21. The molecule has 5 aromatic rings. The molecule has 9 nitrogen and oxygen atoms in total. The number of aromatic nitrogens is 5. The van der Waals surface area contributed by atoms with Crippen molar-refractivity contribution in [2.75, 3.05) is 14.2 Å². The van der Waals surface area contributed by atoms with Gasteiger partial charge in [0.2, 0.25) is 11.7 Å². The van der Waals surface area contributed by atoms with Crippen LogP contribution in [0.1, 0.15) is 10.4 Å². The summed E-state index contributed by atoms with van der Waals surface area (Å²) in [6.45, 7) is 0. The third-order valence-electron chi connectivity index (χ3n) is 5.21. The quantitative estimate of drug-likeness (QED) is 0.459. The third kappa shape index (κ3) is 3.07. The van der Waals surface area contributed by atoms with E-state index in [0.29, 0.717) is 45.0 Å². The summed E-state index contributed by atoms with van der Waals surface area (Å²) in [6.07, 6.45) is 10.1. The van der Waals surface area contributed by atoms with Crippen molar-refractivity contribution >= 4 is 22.7 Å². The fourth-order valence-corrected chi connectivity index (χ4v) is 3.83. The zero-order valence-corrected chi connectivity index (χ0v) is 17.3. The van der Waals surface area contributed by atoms with Crippen molar-refractivity contribution < 1.29 is 14.3 Å². The van der Waals surface area contributed by atoms with Gasteiger partial charge in [0.1, 0.15) is 11.5 Å². The molecule has 2 N–H and O–H groups in total. The van der Waals surface area contributed by atoms with Crippen LogP contribution in [0.4, 0.5) is 0 Å². The molecule has 32 heavy (non-hydrogen) atoms. The lowest BCUT2D eigenvalue weighted by Gasteiger charge is -2.16. The molecule has 0 fully saturated rings. The maximum atomic E-state index is 12.6. The molecule has 158 valence electrons. The number of pyridine rings is 2.